The number of aliphatic carboxylic acids is 1. The fraction of sp³-hybridized carbons (Fsp3) is 0.727. The van der Waals surface area contributed by atoms with E-state index in [4.69, 9.17) is 0 Å². The molecule has 4 rings (SSSR count). The van der Waals surface area contributed by atoms with Gasteiger partial charge in [0.05, 0.1) is 5.92 Å². The van der Waals surface area contributed by atoms with Gasteiger partial charge in [-0.25, -0.2) is 0 Å². The number of aromatic nitrogens is 1. The number of nitrogens with zero attached hydrogens (tertiary/aromatic N) is 3. The lowest BCUT2D eigenvalue weighted by Crippen LogP contribution is -2.45. The van der Waals surface area contributed by atoms with Crippen LogP contribution in [0.3, 0.4) is 0 Å². The van der Waals surface area contributed by atoms with E-state index in [9.17, 15) is 9.90 Å². The molecule has 27 heavy (non-hydrogen) atoms. The Hall–Kier alpha value is -1.46. The molecule has 0 radical (unpaired) electrons. The summed E-state index contributed by atoms with van der Waals surface area (Å²) in [5, 5.41) is 9.91. The minimum Gasteiger partial charge on any atom is -0.481 e. The first-order valence-corrected chi connectivity index (χ1v) is 10.7. The maximum absolute atomic E-state index is 12.0. The number of carboxylic acids is 1. The predicted molar refractivity (Wildman–Crippen MR) is 105 cm³/mol. The topological polar surface area (TPSA) is 56.7 Å². The monoisotopic (exact) mass is 371 g/mol. The molecular weight excluding hydrogens is 338 g/mol. The Morgan fingerprint density at radius 1 is 1.11 bits per heavy atom. The second kappa shape index (κ2) is 8.27. The summed E-state index contributed by atoms with van der Waals surface area (Å²) >= 11 is 0. The number of piperidine rings is 1. The fourth-order valence-electron chi connectivity index (χ4n) is 5.70. The van der Waals surface area contributed by atoms with Gasteiger partial charge in [0.15, 0.2) is 0 Å². The average Bonchev–Trinajstić information content (AvgIpc) is 3.03. The number of rotatable bonds is 5. The van der Waals surface area contributed by atoms with Crippen molar-refractivity contribution in [2.75, 3.05) is 32.7 Å². The van der Waals surface area contributed by atoms with Gasteiger partial charge in [-0.15, -0.1) is 0 Å². The lowest BCUT2D eigenvalue weighted by Gasteiger charge is -2.41. The first-order valence-electron chi connectivity index (χ1n) is 10.7. The largest absolute Gasteiger partial charge is 0.481 e. The highest BCUT2D eigenvalue weighted by atomic mass is 16.4. The van der Waals surface area contributed by atoms with Crippen LogP contribution in [0.1, 0.15) is 50.5 Å². The molecule has 148 valence electrons. The third kappa shape index (κ3) is 4.35. The van der Waals surface area contributed by atoms with E-state index in [0.717, 1.165) is 58.0 Å². The Morgan fingerprint density at radius 3 is 2.48 bits per heavy atom. The van der Waals surface area contributed by atoms with Crippen molar-refractivity contribution in [1.82, 2.24) is 14.8 Å². The van der Waals surface area contributed by atoms with Gasteiger partial charge in [0.1, 0.15) is 0 Å². The van der Waals surface area contributed by atoms with Crippen molar-refractivity contribution in [2.45, 2.75) is 51.5 Å². The molecular formula is C22H33N3O2. The first-order chi connectivity index (χ1) is 13.1. The molecule has 1 aromatic rings. The zero-order valence-corrected chi connectivity index (χ0v) is 16.4. The van der Waals surface area contributed by atoms with Crippen molar-refractivity contribution in [2.24, 2.45) is 17.3 Å². The minimum atomic E-state index is -0.580. The van der Waals surface area contributed by atoms with Crippen molar-refractivity contribution in [3.63, 3.8) is 0 Å². The standard InChI is InChI=1S/C22H33N3O2/c26-21(27)20-16-25(15-18-4-2-1-3-5-18)17-22(20)8-12-24(13-9-22)14-19-6-10-23-11-7-19/h6-7,10-11,18,20H,1-5,8-9,12-17H2,(H,26,27). The number of likely N-dealkylation sites (tertiary alicyclic amines) is 2. The van der Waals surface area contributed by atoms with Crippen LogP contribution in [0.4, 0.5) is 0 Å². The lowest BCUT2D eigenvalue weighted by atomic mass is 9.71. The van der Waals surface area contributed by atoms with E-state index in [1.165, 1.54) is 37.7 Å². The summed E-state index contributed by atoms with van der Waals surface area (Å²) in [6.07, 6.45) is 12.5. The Balaban J connectivity index is 1.36. The number of carbonyl (C=O) groups is 1. The smallest absolute Gasteiger partial charge is 0.308 e. The zero-order chi connectivity index (χ0) is 18.7. The highest BCUT2D eigenvalue weighted by molar-refractivity contribution is 5.72. The van der Waals surface area contributed by atoms with E-state index in [-0.39, 0.29) is 11.3 Å². The normalized spacial score (nSPS) is 27.2. The van der Waals surface area contributed by atoms with E-state index in [1.54, 1.807) is 0 Å². The van der Waals surface area contributed by atoms with Gasteiger partial charge in [0, 0.05) is 44.0 Å². The molecule has 1 atom stereocenters. The molecule has 1 saturated carbocycles. The Labute approximate surface area is 162 Å². The van der Waals surface area contributed by atoms with Crippen molar-refractivity contribution in [3.8, 4) is 0 Å². The Bertz CT molecular complexity index is 622. The van der Waals surface area contributed by atoms with E-state index >= 15 is 0 Å². The molecule has 1 N–H and O–H groups in total. The molecule has 0 aromatic carbocycles. The van der Waals surface area contributed by atoms with E-state index in [0.29, 0.717) is 0 Å². The number of hydrogen-bond donors (Lipinski definition) is 1. The summed E-state index contributed by atoms with van der Waals surface area (Å²) in [6.45, 7) is 5.82. The van der Waals surface area contributed by atoms with Crippen LogP contribution < -0.4 is 0 Å². The maximum atomic E-state index is 12.0. The van der Waals surface area contributed by atoms with Crippen LogP contribution in [-0.4, -0.2) is 58.6 Å². The zero-order valence-electron chi connectivity index (χ0n) is 16.4. The van der Waals surface area contributed by atoms with E-state index in [2.05, 4.69) is 26.9 Å². The molecule has 0 bridgehead atoms. The third-order valence-electron chi connectivity index (χ3n) is 7.27. The summed E-state index contributed by atoms with van der Waals surface area (Å²) in [5.41, 5.74) is 1.27. The van der Waals surface area contributed by atoms with Crippen molar-refractivity contribution in [1.29, 1.82) is 0 Å². The van der Waals surface area contributed by atoms with Gasteiger partial charge in [0.2, 0.25) is 0 Å². The van der Waals surface area contributed by atoms with Crippen LogP contribution in [-0.2, 0) is 11.3 Å². The first kappa shape index (κ1) is 18.9. The molecule has 1 aromatic heterocycles. The number of carboxylic acid groups (broad SMARTS) is 1. The SMILES string of the molecule is O=C(O)C1CN(CC2CCCCC2)CC12CCN(Cc1ccncc1)CC2. The highest BCUT2D eigenvalue weighted by Crippen LogP contribution is 2.45. The van der Waals surface area contributed by atoms with Gasteiger partial charge in [0.25, 0.3) is 0 Å². The molecule has 5 nitrogen and oxygen atoms in total. The number of hydrogen-bond acceptors (Lipinski definition) is 4. The molecule has 0 amide bonds. The molecule has 2 aliphatic heterocycles. The summed E-state index contributed by atoms with van der Waals surface area (Å²) in [6, 6.07) is 4.15. The van der Waals surface area contributed by atoms with Crippen LogP contribution in [0, 0.1) is 17.3 Å². The van der Waals surface area contributed by atoms with Crippen LogP contribution in [0.25, 0.3) is 0 Å². The summed E-state index contributed by atoms with van der Waals surface area (Å²) in [5.74, 6) is 0.0167. The van der Waals surface area contributed by atoms with Gasteiger partial charge < -0.3 is 10.0 Å². The van der Waals surface area contributed by atoms with Gasteiger partial charge >= 0.3 is 5.97 Å². The molecule has 3 aliphatic rings. The Kier molecular flexibility index (Phi) is 5.79. The molecule has 3 heterocycles. The fourth-order valence-corrected chi connectivity index (χ4v) is 5.70. The van der Waals surface area contributed by atoms with Crippen LogP contribution in [0.5, 0.6) is 0 Å². The van der Waals surface area contributed by atoms with Gasteiger partial charge in [-0.2, -0.15) is 0 Å². The second-order valence-corrected chi connectivity index (χ2v) is 9.08. The third-order valence-corrected chi connectivity index (χ3v) is 7.27. The summed E-state index contributed by atoms with van der Waals surface area (Å²) in [4.78, 5) is 21.1. The van der Waals surface area contributed by atoms with E-state index in [1.807, 2.05) is 12.4 Å². The van der Waals surface area contributed by atoms with Crippen molar-refractivity contribution in [3.05, 3.63) is 30.1 Å². The van der Waals surface area contributed by atoms with E-state index < -0.39 is 5.97 Å². The maximum Gasteiger partial charge on any atom is 0.308 e. The number of pyridine rings is 1. The van der Waals surface area contributed by atoms with Crippen LogP contribution in [0.2, 0.25) is 0 Å². The average molecular weight is 372 g/mol. The van der Waals surface area contributed by atoms with Gasteiger partial charge in [-0.1, -0.05) is 19.3 Å². The quantitative estimate of drug-likeness (QED) is 0.861. The van der Waals surface area contributed by atoms with Crippen molar-refractivity contribution >= 4 is 5.97 Å². The molecule has 2 saturated heterocycles. The van der Waals surface area contributed by atoms with Crippen molar-refractivity contribution < 1.29 is 9.90 Å². The van der Waals surface area contributed by atoms with Gasteiger partial charge in [-0.05, 0) is 62.4 Å². The molecule has 1 aliphatic carbocycles. The lowest BCUT2D eigenvalue weighted by molar-refractivity contribution is -0.146. The minimum absolute atomic E-state index is 0.0186. The van der Waals surface area contributed by atoms with Crippen LogP contribution in [0.15, 0.2) is 24.5 Å². The summed E-state index contributed by atoms with van der Waals surface area (Å²) < 4.78 is 0. The molecule has 5 heteroatoms. The summed E-state index contributed by atoms with van der Waals surface area (Å²) in [7, 11) is 0. The Morgan fingerprint density at radius 2 is 1.81 bits per heavy atom. The van der Waals surface area contributed by atoms with Crippen LogP contribution >= 0.6 is 0 Å². The molecule has 1 unspecified atom stereocenters. The molecule has 3 fully saturated rings. The second-order valence-electron chi connectivity index (χ2n) is 9.08. The highest BCUT2D eigenvalue weighted by Gasteiger charge is 2.51. The predicted octanol–water partition coefficient (Wildman–Crippen LogP) is 3.26. The van der Waals surface area contributed by atoms with Gasteiger partial charge in [-0.3, -0.25) is 14.7 Å². The molecule has 1 spiro atoms.